The zero-order valence-electron chi connectivity index (χ0n) is 10.8. The number of aryl methyl sites for hydroxylation is 2. The van der Waals surface area contributed by atoms with Crippen LogP contribution in [0.4, 0.5) is 0 Å². The first-order valence-corrected chi connectivity index (χ1v) is 8.53. The predicted molar refractivity (Wildman–Crippen MR) is 68.8 cm³/mol. The van der Waals surface area contributed by atoms with E-state index in [2.05, 4.69) is 20.2 Å². The first-order chi connectivity index (χ1) is 9.12. The topological polar surface area (TPSA) is 89.8 Å². The van der Waals surface area contributed by atoms with Gasteiger partial charge in [-0.15, -0.1) is 5.10 Å². The number of nitrogens with zero attached hydrogens (tertiary/aromatic N) is 4. The Morgan fingerprint density at radius 1 is 1.26 bits per heavy atom. The normalized spacial score (nSPS) is 24.5. The molecule has 1 aliphatic heterocycles. The predicted octanol–water partition coefficient (Wildman–Crippen LogP) is 0.0975. The smallest absolute Gasteiger partial charge is 0.212 e. The molecule has 3 rings (SSSR count). The Bertz CT molecular complexity index is 515. The van der Waals surface area contributed by atoms with E-state index in [0.29, 0.717) is 12.5 Å². The summed E-state index contributed by atoms with van der Waals surface area (Å²) < 4.78 is 28.7. The van der Waals surface area contributed by atoms with E-state index in [-0.39, 0.29) is 11.8 Å². The van der Waals surface area contributed by atoms with Crippen molar-refractivity contribution in [1.29, 1.82) is 0 Å². The molecule has 2 heterocycles. The highest BCUT2D eigenvalue weighted by atomic mass is 32.2. The van der Waals surface area contributed by atoms with Gasteiger partial charge in [0.1, 0.15) is 0 Å². The SMILES string of the molecule is O=S(=O)(CC1CCC1)NC1CCc2nnnn2CC1. The number of rotatable bonds is 4. The van der Waals surface area contributed by atoms with Gasteiger partial charge in [-0.1, -0.05) is 6.42 Å². The lowest BCUT2D eigenvalue weighted by molar-refractivity contribution is 0.345. The van der Waals surface area contributed by atoms with Crippen molar-refractivity contribution in [2.45, 2.75) is 51.1 Å². The molecule has 0 bridgehead atoms. The number of tetrazole rings is 1. The molecule has 1 saturated carbocycles. The van der Waals surface area contributed by atoms with Gasteiger partial charge >= 0.3 is 0 Å². The van der Waals surface area contributed by atoms with Crippen LogP contribution in [0.3, 0.4) is 0 Å². The summed E-state index contributed by atoms with van der Waals surface area (Å²) in [4.78, 5) is 0. The average Bonchev–Trinajstić information content (AvgIpc) is 2.68. The van der Waals surface area contributed by atoms with Gasteiger partial charge in [0.05, 0.1) is 5.75 Å². The van der Waals surface area contributed by atoms with Crippen LogP contribution < -0.4 is 4.72 Å². The van der Waals surface area contributed by atoms with E-state index < -0.39 is 10.0 Å². The van der Waals surface area contributed by atoms with Gasteiger partial charge in [-0.2, -0.15) is 0 Å². The number of sulfonamides is 1. The van der Waals surface area contributed by atoms with Crippen molar-refractivity contribution < 1.29 is 8.42 Å². The molecule has 106 valence electrons. The minimum atomic E-state index is -3.14. The molecule has 7 nitrogen and oxygen atoms in total. The Labute approximate surface area is 112 Å². The summed E-state index contributed by atoms with van der Waals surface area (Å²) in [5, 5.41) is 11.5. The van der Waals surface area contributed by atoms with Crippen LogP contribution in [0.1, 0.15) is 37.9 Å². The number of hydrogen-bond donors (Lipinski definition) is 1. The number of hydrogen-bond acceptors (Lipinski definition) is 5. The molecule has 1 N–H and O–H groups in total. The highest BCUT2D eigenvalue weighted by Crippen LogP contribution is 2.27. The molecule has 19 heavy (non-hydrogen) atoms. The van der Waals surface area contributed by atoms with Crippen molar-refractivity contribution in [3.63, 3.8) is 0 Å². The van der Waals surface area contributed by atoms with Crippen LogP contribution >= 0.6 is 0 Å². The minimum absolute atomic E-state index is 0.00595. The molecule has 0 aromatic carbocycles. The lowest BCUT2D eigenvalue weighted by Crippen LogP contribution is -2.39. The van der Waals surface area contributed by atoms with E-state index in [4.69, 9.17) is 0 Å². The third-order valence-electron chi connectivity index (χ3n) is 4.04. The van der Waals surface area contributed by atoms with Crippen LogP contribution in [0.5, 0.6) is 0 Å². The van der Waals surface area contributed by atoms with Gasteiger partial charge in [-0.3, -0.25) is 0 Å². The Kier molecular flexibility index (Phi) is 3.53. The number of aromatic nitrogens is 4. The number of nitrogens with one attached hydrogen (secondary N) is 1. The van der Waals surface area contributed by atoms with Crippen LogP contribution in [0.2, 0.25) is 0 Å². The second kappa shape index (κ2) is 5.16. The quantitative estimate of drug-likeness (QED) is 0.847. The maximum atomic E-state index is 12.1. The molecule has 0 spiro atoms. The van der Waals surface area contributed by atoms with Crippen molar-refractivity contribution in [2.75, 3.05) is 5.75 Å². The van der Waals surface area contributed by atoms with Crippen molar-refractivity contribution in [3.05, 3.63) is 5.82 Å². The molecule has 1 fully saturated rings. The molecule has 1 atom stereocenters. The summed E-state index contributed by atoms with van der Waals surface area (Å²) in [7, 11) is -3.14. The first kappa shape index (κ1) is 13.0. The molecule has 0 radical (unpaired) electrons. The standard InChI is InChI=1S/C11H19N5O2S/c17-19(18,8-9-2-1-3-9)13-10-4-5-11-12-14-15-16(11)7-6-10/h9-10,13H,1-8H2. The van der Waals surface area contributed by atoms with Gasteiger partial charge in [-0.05, 0) is 42.0 Å². The Morgan fingerprint density at radius 3 is 2.84 bits per heavy atom. The fourth-order valence-corrected chi connectivity index (χ4v) is 4.49. The van der Waals surface area contributed by atoms with Crippen LogP contribution in [0, 0.1) is 5.92 Å². The molecular formula is C11H19N5O2S. The Balaban J connectivity index is 1.57. The van der Waals surface area contributed by atoms with Crippen LogP contribution in [-0.2, 0) is 23.0 Å². The van der Waals surface area contributed by atoms with Gasteiger partial charge < -0.3 is 0 Å². The molecule has 0 saturated heterocycles. The van der Waals surface area contributed by atoms with Crippen molar-refractivity contribution in [1.82, 2.24) is 24.9 Å². The van der Waals surface area contributed by atoms with Gasteiger partial charge in [-0.25, -0.2) is 17.8 Å². The molecule has 1 aromatic heterocycles. The highest BCUT2D eigenvalue weighted by molar-refractivity contribution is 7.89. The fourth-order valence-electron chi connectivity index (χ4n) is 2.69. The second-order valence-corrected chi connectivity index (χ2v) is 7.34. The zero-order valence-corrected chi connectivity index (χ0v) is 11.6. The van der Waals surface area contributed by atoms with Crippen LogP contribution in [-0.4, -0.2) is 40.4 Å². The second-order valence-electron chi connectivity index (χ2n) is 5.54. The molecule has 1 aliphatic carbocycles. The summed E-state index contributed by atoms with van der Waals surface area (Å²) >= 11 is 0. The zero-order chi connectivity index (χ0) is 13.3. The van der Waals surface area contributed by atoms with Crippen molar-refractivity contribution in [2.24, 2.45) is 5.92 Å². The maximum absolute atomic E-state index is 12.1. The van der Waals surface area contributed by atoms with Crippen molar-refractivity contribution >= 4 is 10.0 Å². The van der Waals surface area contributed by atoms with Gasteiger partial charge in [0.15, 0.2) is 5.82 Å². The van der Waals surface area contributed by atoms with Crippen LogP contribution in [0.25, 0.3) is 0 Å². The molecule has 1 aromatic rings. The molecule has 1 unspecified atom stereocenters. The van der Waals surface area contributed by atoms with E-state index in [0.717, 1.165) is 37.9 Å². The van der Waals surface area contributed by atoms with Gasteiger partial charge in [0.2, 0.25) is 10.0 Å². The fraction of sp³-hybridized carbons (Fsp3) is 0.909. The first-order valence-electron chi connectivity index (χ1n) is 6.87. The van der Waals surface area contributed by atoms with Gasteiger partial charge in [0.25, 0.3) is 0 Å². The summed E-state index contributed by atoms with van der Waals surface area (Å²) in [6.45, 7) is 0.680. The Hall–Kier alpha value is -1.02. The average molecular weight is 285 g/mol. The lowest BCUT2D eigenvalue weighted by Gasteiger charge is -2.26. The molecule has 0 amide bonds. The van der Waals surface area contributed by atoms with E-state index in [1.165, 1.54) is 6.42 Å². The number of fused-ring (bicyclic) bond motifs is 1. The summed E-state index contributed by atoms with van der Waals surface area (Å²) in [5.74, 6) is 1.50. The van der Waals surface area contributed by atoms with Crippen LogP contribution in [0.15, 0.2) is 0 Å². The monoisotopic (exact) mass is 285 g/mol. The van der Waals surface area contributed by atoms with E-state index in [1.54, 1.807) is 4.68 Å². The summed E-state index contributed by atoms with van der Waals surface area (Å²) in [6.07, 6.45) is 5.52. The highest BCUT2D eigenvalue weighted by Gasteiger charge is 2.27. The maximum Gasteiger partial charge on any atom is 0.212 e. The van der Waals surface area contributed by atoms with Crippen molar-refractivity contribution in [3.8, 4) is 0 Å². The minimum Gasteiger partial charge on any atom is -0.230 e. The Morgan fingerprint density at radius 2 is 2.11 bits per heavy atom. The van der Waals surface area contributed by atoms with E-state index >= 15 is 0 Å². The molecule has 8 heteroatoms. The van der Waals surface area contributed by atoms with E-state index in [9.17, 15) is 8.42 Å². The lowest BCUT2D eigenvalue weighted by atomic mass is 9.87. The molecule has 2 aliphatic rings. The largest absolute Gasteiger partial charge is 0.230 e. The third-order valence-corrected chi connectivity index (χ3v) is 5.64. The van der Waals surface area contributed by atoms with E-state index in [1.807, 2.05) is 0 Å². The molecular weight excluding hydrogens is 266 g/mol. The summed E-state index contributed by atoms with van der Waals surface area (Å²) in [5.41, 5.74) is 0. The summed E-state index contributed by atoms with van der Waals surface area (Å²) in [6, 6.07) is -0.00595. The third kappa shape index (κ3) is 3.11. The van der Waals surface area contributed by atoms with Gasteiger partial charge in [0, 0.05) is 19.0 Å².